The lowest BCUT2D eigenvalue weighted by Gasteiger charge is -2.27. The summed E-state index contributed by atoms with van der Waals surface area (Å²) >= 11 is 0. The van der Waals surface area contributed by atoms with Crippen molar-refractivity contribution in [3.8, 4) is 0 Å². The van der Waals surface area contributed by atoms with Crippen LogP contribution >= 0.6 is 0 Å². The molecule has 5 nitrogen and oxygen atoms in total. The summed E-state index contributed by atoms with van der Waals surface area (Å²) < 4.78 is 7.97. The summed E-state index contributed by atoms with van der Waals surface area (Å²) in [6.07, 6.45) is 5.14. The largest absolute Gasteiger partial charge is 0.376 e. The van der Waals surface area contributed by atoms with Gasteiger partial charge in [-0.25, -0.2) is 4.79 Å². The predicted molar refractivity (Wildman–Crippen MR) is 88.9 cm³/mol. The van der Waals surface area contributed by atoms with Crippen LogP contribution < -0.4 is 5.90 Å². The number of carbonyl (C=O) groups is 1. The smallest absolute Gasteiger partial charge is 0.373 e. The minimum absolute atomic E-state index is 0.338. The Balaban J connectivity index is 1.72. The number of hydrogen-bond donors (Lipinski definition) is 1. The highest BCUT2D eigenvalue weighted by molar-refractivity contribution is 5.95. The van der Waals surface area contributed by atoms with E-state index < -0.39 is 5.97 Å². The lowest BCUT2D eigenvalue weighted by atomic mass is 9.89. The second kappa shape index (κ2) is 7.15. The molecule has 0 bridgehead atoms. The van der Waals surface area contributed by atoms with Crippen LogP contribution in [0.4, 0.5) is 0 Å². The summed E-state index contributed by atoms with van der Waals surface area (Å²) in [6.45, 7) is 3.48. The molecule has 1 fully saturated rings. The topological polar surface area (TPSA) is 66.5 Å². The average Bonchev–Trinajstić information content (AvgIpc) is 2.93. The Kier molecular flexibility index (Phi) is 4.98. The third-order valence-corrected chi connectivity index (χ3v) is 4.68. The van der Waals surface area contributed by atoms with Crippen molar-refractivity contribution >= 4 is 16.9 Å². The van der Waals surface area contributed by atoms with E-state index in [1.54, 1.807) is 0 Å². The van der Waals surface area contributed by atoms with Crippen LogP contribution in [0, 0.1) is 5.92 Å². The summed E-state index contributed by atoms with van der Waals surface area (Å²) in [5, 5.41) is 0.999. The Bertz CT molecular complexity index is 680. The van der Waals surface area contributed by atoms with Gasteiger partial charge in [0, 0.05) is 17.4 Å². The van der Waals surface area contributed by atoms with Crippen molar-refractivity contribution in [1.82, 2.24) is 4.57 Å². The van der Waals surface area contributed by atoms with E-state index in [9.17, 15) is 4.79 Å². The number of ether oxygens (including phenoxy) is 1. The van der Waals surface area contributed by atoms with Crippen LogP contribution in [-0.4, -0.2) is 23.2 Å². The number of hydrogen-bond acceptors (Lipinski definition) is 4. The lowest BCUT2D eigenvalue weighted by molar-refractivity contribution is 0.0115. The van der Waals surface area contributed by atoms with Crippen LogP contribution in [0.3, 0.4) is 0 Å². The summed E-state index contributed by atoms with van der Waals surface area (Å²) in [4.78, 5) is 16.3. The van der Waals surface area contributed by atoms with E-state index in [-0.39, 0.29) is 0 Å². The van der Waals surface area contributed by atoms with E-state index in [0.29, 0.717) is 24.9 Å². The molecule has 3 rings (SSSR count). The first-order chi connectivity index (χ1) is 11.2. The van der Waals surface area contributed by atoms with Gasteiger partial charge in [0.05, 0.1) is 12.7 Å². The Morgan fingerprint density at radius 3 is 2.96 bits per heavy atom. The Hall–Kier alpha value is -1.85. The quantitative estimate of drug-likeness (QED) is 0.860. The maximum Gasteiger partial charge on any atom is 0.373 e. The predicted octanol–water partition coefficient (Wildman–Crippen LogP) is 3.27. The summed E-state index contributed by atoms with van der Waals surface area (Å²) in [7, 11) is 0. The highest BCUT2D eigenvalue weighted by atomic mass is 16.7. The number of benzene rings is 1. The lowest BCUT2D eigenvalue weighted by Crippen LogP contribution is -2.24. The number of carbonyl (C=O) groups excluding carboxylic acids is 1. The highest BCUT2D eigenvalue weighted by Crippen LogP contribution is 2.26. The Morgan fingerprint density at radius 2 is 2.17 bits per heavy atom. The molecule has 2 aromatic rings. The highest BCUT2D eigenvalue weighted by Gasteiger charge is 2.20. The third-order valence-electron chi connectivity index (χ3n) is 4.68. The molecule has 1 aromatic carbocycles. The minimum atomic E-state index is -0.521. The molecule has 0 unspecified atom stereocenters. The molecule has 0 spiro atoms. The first kappa shape index (κ1) is 16.0. The molecular weight excluding hydrogens is 292 g/mol. The molecule has 2 N–H and O–H groups in total. The van der Waals surface area contributed by atoms with E-state index in [2.05, 4.69) is 11.8 Å². The van der Waals surface area contributed by atoms with Gasteiger partial charge in [0.25, 0.3) is 0 Å². The molecule has 1 saturated carbocycles. The van der Waals surface area contributed by atoms with Crippen molar-refractivity contribution in [3.63, 3.8) is 0 Å². The number of nitrogens with zero attached hydrogens (tertiary/aromatic N) is 1. The molecule has 1 aliphatic carbocycles. The van der Waals surface area contributed by atoms with E-state index in [1.807, 2.05) is 34.9 Å². The van der Waals surface area contributed by atoms with E-state index in [0.717, 1.165) is 29.7 Å². The monoisotopic (exact) mass is 316 g/mol. The second-order valence-electron chi connectivity index (χ2n) is 6.41. The van der Waals surface area contributed by atoms with Gasteiger partial charge in [-0.1, -0.05) is 38.0 Å². The first-order valence-electron chi connectivity index (χ1n) is 8.30. The zero-order valence-electron chi connectivity index (χ0n) is 13.5. The third kappa shape index (κ3) is 3.57. The second-order valence-corrected chi connectivity index (χ2v) is 6.41. The zero-order valence-corrected chi connectivity index (χ0v) is 13.5. The van der Waals surface area contributed by atoms with E-state index >= 15 is 0 Å². The van der Waals surface area contributed by atoms with Gasteiger partial charge in [0.2, 0.25) is 0 Å². The average molecular weight is 316 g/mol. The van der Waals surface area contributed by atoms with Crippen LogP contribution in [0.2, 0.25) is 0 Å². The van der Waals surface area contributed by atoms with Gasteiger partial charge in [-0.15, -0.1) is 0 Å². The number of para-hydroxylation sites is 1. The molecule has 0 aliphatic heterocycles. The van der Waals surface area contributed by atoms with Crippen LogP contribution in [-0.2, 0) is 16.1 Å². The van der Waals surface area contributed by atoms with Gasteiger partial charge in [-0.2, -0.15) is 5.90 Å². The van der Waals surface area contributed by atoms with Crippen molar-refractivity contribution in [2.75, 3.05) is 6.61 Å². The molecule has 1 aliphatic rings. The number of nitrogens with two attached hydrogens (primary N) is 1. The molecule has 124 valence electrons. The first-order valence-corrected chi connectivity index (χ1v) is 8.30. The minimum Gasteiger partial charge on any atom is -0.376 e. The maximum absolute atomic E-state index is 11.9. The summed E-state index contributed by atoms with van der Waals surface area (Å²) in [6, 6.07) is 9.69. The molecule has 0 radical (unpaired) electrons. The molecule has 1 heterocycles. The number of fused-ring (bicyclic) bond motifs is 1. The normalized spacial score (nSPS) is 21.5. The number of rotatable bonds is 5. The van der Waals surface area contributed by atoms with Crippen LogP contribution in [0.25, 0.3) is 10.9 Å². The van der Waals surface area contributed by atoms with Gasteiger partial charge in [-0.3, -0.25) is 0 Å². The molecule has 5 heteroatoms. The van der Waals surface area contributed by atoms with Crippen molar-refractivity contribution in [2.45, 2.75) is 45.3 Å². The molecule has 0 saturated heterocycles. The summed E-state index contributed by atoms with van der Waals surface area (Å²) in [5.74, 6) is 5.28. The van der Waals surface area contributed by atoms with E-state index in [1.165, 1.54) is 12.8 Å². The molecule has 1 aromatic heterocycles. The van der Waals surface area contributed by atoms with Gasteiger partial charge in [-0.05, 0) is 30.9 Å². The maximum atomic E-state index is 11.9. The molecule has 2 atom stereocenters. The van der Waals surface area contributed by atoms with Crippen molar-refractivity contribution in [2.24, 2.45) is 11.8 Å². The number of aromatic nitrogens is 1. The molecular formula is C18H24N2O3. The molecule has 0 amide bonds. The fourth-order valence-electron chi connectivity index (χ4n) is 3.52. The van der Waals surface area contributed by atoms with Crippen LogP contribution in [0.5, 0.6) is 0 Å². The van der Waals surface area contributed by atoms with Gasteiger partial charge < -0.3 is 14.1 Å². The Labute approximate surface area is 136 Å². The van der Waals surface area contributed by atoms with E-state index in [4.69, 9.17) is 10.6 Å². The summed E-state index contributed by atoms with van der Waals surface area (Å²) in [5.41, 5.74) is 1.46. The fourth-order valence-corrected chi connectivity index (χ4v) is 3.52. The Morgan fingerprint density at radius 1 is 1.35 bits per heavy atom. The van der Waals surface area contributed by atoms with Gasteiger partial charge in [0.15, 0.2) is 0 Å². The van der Waals surface area contributed by atoms with Crippen molar-refractivity contribution in [1.29, 1.82) is 0 Å². The molecule has 23 heavy (non-hydrogen) atoms. The zero-order chi connectivity index (χ0) is 16.2. The van der Waals surface area contributed by atoms with Crippen molar-refractivity contribution in [3.05, 3.63) is 36.0 Å². The van der Waals surface area contributed by atoms with Gasteiger partial charge >= 0.3 is 5.97 Å². The van der Waals surface area contributed by atoms with Crippen molar-refractivity contribution < 1.29 is 14.4 Å². The van der Waals surface area contributed by atoms with Crippen LogP contribution in [0.15, 0.2) is 30.3 Å². The SMILES string of the molecule is C[C@H]1CCC[C@@H](OCCn2c(C(=O)ON)cc3ccccc32)C1. The fraction of sp³-hybridized carbons (Fsp3) is 0.500. The van der Waals surface area contributed by atoms with Crippen LogP contribution in [0.1, 0.15) is 43.1 Å². The standard InChI is InChI=1S/C18H24N2O3/c1-13-5-4-7-15(11-13)22-10-9-20-16-8-3-2-6-14(16)12-17(20)18(21)23-19/h2-3,6,8,12-13,15H,4-5,7,9-11,19H2,1H3/t13-,15+/m0/s1. The van der Waals surface area contributed by atoms with Gasteiger partial charge in [0.1, 0.15) is 5.69 Å².